The van der Waals surface area contributed by atoms with E-state index in [4.69, 9.17) is 9.52 Å². The SMILES string of the molecule is Cc1cnc(Cn2cnc3ccc(C(=O)O)cc32)o1. The Hall–Kier alpha value is -2.63. The predicted octanol–water partition coefficient (Wildman–Crippen LogP) is 2.08. The lowest BCUT2D eigenvalue weighted by atomic mass is 10.2. The van der Waals surface area contributed by atoms with Gasteiger partial charge in [0.05, 0.1) is 29.1 Å². The molecule has 3 aromatic rings. The fraction of sp³-hybridized carbons (Fsp3) is 0.154. The number of carboxylic acids is 1. The highest BCUT2D eigenvalue weighted by molar-refractivity contribution is 5.92. The molecule has 0 unspecified atom stereocenters. The molecule has 96 valence electrons. The molecule has 0 fully saturated rings. The van der Waals surface area contributed by atoms with Crippen molar-refractivity contribution < 1.29 is 14.3 Å². The van der Waals surface area contributed by atoms with Crippen molar-refractivity contribution in [2.75, 3.05) is 0 Å². The molecule has 19 heavy (non-hydrogen) atoms. The summed E-state index contributed by atoms with van der Waals surface area (Å²) in [6, 6.07) is 4.83. The molecule has 0 spiro atoms. The molecule has 0 atom stereocenters. The second-order valence-electron chi connectivity index (χ2n) is 4.25. The van der Waals surface area contributed by atoms with E-state index in [2.05, 4.69) is 9.97 Å². The van der Waals surface area contributed by atoms with E-state index in [1.807, 2.05) is 11.5 Å². The number of aromatic carboxylic acids is 1. The molecule has 0 amide bonds. The summed E-state index contributed by atoms with van der Waals surface area (Å²) < 4.78 is 7.22. The van der Waals surface area contributed by atoms with E-state index in [1.165, 1.54) is 6.07 Å². The van der Waals surface area contributed by atoms with Crippen LogP contribution in [-0.2, 0) is 6.54 Å². The maximum atomic E-state index is 11.0. The minimum absolute atomic E-state index is 0.234. The Morgan fingerprint density at radius 3 is 2.95 bits per heavy atom. The van der Waals surface area contributed by atoms with Crippen LogP contribution in [0.2, 0.25) is 0 Å². The first-order valence-electron chi connectivity index (χ1n) is 5.73. The van der Waals surface area contributed by atoms with E-state index in [0.717, 1.165) is 16.8 Å². The summed E-state index contributed by atoms with van der Waals surface area (Å²) in [5.74, 6) is 0.352. The van der Waals surface area contributed by atoms with E-state index < -0.39 is 5.97 Å². The van der Waals surface area contributed by atoms with Crippen LogP contribution >= 0.6 is 0 Å². The number of rotatable bonds is 3. The van der Waals surface area contributed by atoms with Gasteiger partial charge in [0, 0.05) is 0 Å². The first-order chi connectivity index (χ1) is 9.13. The third-order valence-electron chi connectivity index (χ3n) is 2.84. The summed E-state index contributed by atoms with van der Waals surface area (Å²) in [6.45, 7) is 2.25. The van der Waals surface area contributed by atoms with Crippen molar-refractivity contribution in [2.45, 2.75) is 13.5 Å². The molecule has 6 nitrogen and oxygen atoms in total. The number of imidazole rings is 1. The second-order valence-corrected chi connectivity index (χ2v) is 4.25. The third kappa shape index (κ3) is 2.08. The molecular weight excluding hydrogens is 246 g/mol. The summed E-state index contributed by atoms with van der Waals surface area (Å²) in [5, 5.41) is 9.01. The van der Waals surface area contributed by atoms with E-state index in [9.17, 15) is 4.79 Å². The molecule has 0 saturated heterocycles. The van der Waals surface area contributed by atoms with Crippen LogP contribution in [0.5, 0.6) is 0 Å². The van der Waals surface area contributed by atoms with Crippen molar-refractivity contribution in [3.63, 3.8) is 0 Å². The summed E-state index contributed by atoms with van der Waals surface area (Å²) in [6.07, 6.45) is 3.30. The van der Waals surface area contributed by atoms with Crippen molar-refractivity contribution in [1.82, 2.24) is 14.5 Å². The molecule has 0 aliphatic heterocycles. The van der Waals surface area contributed by atoms with Crippen LogP contribution in [0.3, 0.4) is 0 Å². The lowest BCUT2D eigenvalue weighted by Crippen LogP contribution is -2.00. The molecule has 0 aliphatic carbocycles. The molecule has 1 aromatic carbocycles. The predicted molar refractivity (Wildman–Crippen MR) is 67.0 cm³/mol. The minimum Gasteiger partial charge on any atom is -0.478 e. The summed E-state index contributed by atoms with van der Waals surface area (Å²) in [4.78, 5) is 19.3. The van der Waals surface area contributed by atoms with Crippen LogP contribution in [0, 0.1) is 6.92 Å². The Labute approximate surface area is 108 Å². The molecule has 0 aliphatic rings. The van der Waals surface area contributed by atoms with Crippen LogP contribution in [0.25, 0.3) is 11.0 Å². The van der Waals surface area contributed by atoms with Crippen LogP contribution < -0.4 is 0 Å². The fourth-order valence-electron chi connectivity index (χ4n) is 1.94. The number of oxazole rings is 1. The quantitative estimate of drug-likeness (QED) is 0.776. The normalized spacial score (nSPS) is 11.0. The maximum Gasteiger partial charge on any atom is 0.335 e. The van der Waals surface area contributed by atoms with E-state index in [1.54, 1.807) is 24.7 Å². The number of aryl methyl sites for hydroxylation is 1. The number of carbonyl (C=O) groups is 1. The average Bonchev–Trinajstić information content (AvgIpc) is 2.96. The van der Waals surface area contributed by atoms with Gasteiger partial charge in [-0.05, 0) is 25.1 Å². The first kappa shape index (κ1) is 11.5. The van der Waals surface area contributed by atoms with Crippen LogP contribution in [0.4, 0.5) is 0 Å². The lowest BCUT2D eigenvalue weighted by Gasteiger charge is -2.01. The zero-order valence-corrected chi connectivity index (χ0v) is 10.2. The Kier molecular flexibility index (Phi) is 2.56. The van der Waals surface area contributed by atoms with E-state index >= 15 is 0 Å². The van der Waals surface area contributed by atoms with Gasteiger partial charge in [-0.25, -0.2) is 14.8 Å². The van der Waals surface area contributed by atoms with Gasteiger partial charge in [0.2, 0.25) is 5.89 Å². The lowest BCUT2D eigenvalue weighted by molar-refractivity contribution is 0.0697. The molecule has 0 bridgehead atoms. The third-order valence-corrected chi connectivity index (χ3v) is 2.84. The minimum atomic E-state index is -0.957. The van der Waals surface area contributed by atoms with Crippen LogP contribution in [-0.4, -0.2) is 25.6 Å². The second kappa shape index (κ2) is 4.24. The van der Waals surface area contributed by atoms with Gasteiger partial charge in [0.25, 0.3) is 0 Å². The van der Waals surface area contributed by atoms with Gasteiger partial charge in [-0.3, -0.25) is 0 Å². The van der Waals surface area contributed by atoms with Crippen molar-refractivity contribution in [3.8, 4) is 0 Å². The number of nitrogens with zero attached hydrogens (tertiary/aromatic N) is 3. The number of aromatic nitrogens is 3. The smallest absolute Gasteiger partial charge is 0.335 e. The molecule has 3 rings (SSSR count). The molecule has 0 saturated carbocycles. The Morgan fingerprint density at radius 2 is 2.26 bits per heavy atom. The highest BCUT2D eigenvalue weighted by atomic mass is 16.4. The van der Waals surface area contributed by atoms with Crippen LogP contribution in [0.1, 0.15) is 22.0 Å². The van der Waals surface area contributed by atoms with Crippen molar-refractivity contribution in [1.29, 1.82) is 0 Å². The van der Waals surface area contributed by atoms with Crippen molar-refractivity contribution in [3.05, 3.63) is 47.9 Å². The Balaban J connectivity index is 2.03. The number of hydrogen-bond donors (Lipinski definition) is 1. The Morgan fingerprint density at radius 1 is 1.42 bits per heavy atom. The molecular formula is C13H11N3O3. The Bertz CT molecular complexity index is 757. The monoisotopic (exact) mass is 257 g/mol. The van der Waals surface area contributed by atoms with Gasteiger partial charge >= 0.3 is 5.97 Å². The number of fused-ring (bicyclic) bond motifs is 1. The van der Waals surface area contributed by atoms with E-state index in [-0.39, 0.29) is 5.56 Å². The van der Waals surface area contributed by atoms with Gasteiger partial charge < -0.3 is 14.1 Å². The van der Waals surface area contributed by atoms with Crippen LogP contribution in [0.15, 0.2) is 35.1 Å². The van der Waals surface area contributed by atoms with Gasteiger partial charge in [-0.15, -0.1) is 0 Å². The standard InChI is InChI=1S/C13H11N3O3/c1-8-5-14-12(19-8)6-16-7-15-10-3-2-9(13(17)18)4-11(10)16/h2-5,7H,6H2,1H3,(H,17,18). The van der Waals surface area contributed by atoms with Gasteiger partial charge in [0.1, 0.15) is 12.3 Å². The fourth-order valence-corrected chi connectivity index (χ4v) is 1.94. The largest absolute Gasteiger partial charge is 0.478 e. The molecule has 2 heterocycles. The molecule has 2 aromatic heterocycles. The summed E-state index contributed by atoms with van der Waals surface area (Å²) in [7, 11) is 0. The molecule has 0 radical (unpaired) electrons. The number of carboxylic acid groups (broad SMARTS) is 1. The average molecular weight is 257 g/mol. The van der Waals surface area contributed by atoms with Crippen molar-refractivity contribution >= 4 is 17.0 Å². The molecule has 6 heteroatoms. The van der Waals surface area contributed by atoms with Gasteiger partial charge in [-0.2, -0.15) is 0 Å². The zero-order valence-electron chi connectivity index (χ0n) is 10.2. The summed E-state index contributed by atoms with van der Waals surface area (Å²) >= 11 is 0. The van der Waals surface area contributed by atoms with Crippen molar-refractivity contribution in [2.24, 2.45) is 0 Å². The summed E-state index contributed by atoms with van der Waals surface area (Å²) in [5.41, 5.74) is 1.72. The number of hydrogen-bond acceptors (Lipinski definition) is 4. The number of benzene rings is 1. The maximum absolute atomic E-state index is 11.0. The highest BCUT2D eigenvalue weighted by Gasteiger charge is 2.10. The topological polar surface area (TPSA) is 81.2 Å². The first-order valence-corrected chi connectivity index (χ1v) is 5.73. The molecule has 1 N–H and O–H groups in total. The van der Waals surface area contributed by atoms with Gasteiger partial charge in [-0.1, -0.05) is 0 Å². The highest BCUT2D eigenvalue weighted by Crippen LogP contribution is 2.16. The zero-order chi connectivity index (χ0) is 13.4. The van der Waals surface area contributed by atoms with Gasteiger partial charge in [0.15, 0.2) is 0 Å². The van der Waals surface area contributed by atoms with E-state index in [0.29, 0.717) is 12.4 Å².